The molecule has 0 spiro atoms. The summed E-state index contributed by atoms with van der Waals surface area (Å²) >= 11 is 0. The summed E-state index contributed by atoms with van der Waals surface area (Å²) in [6.07, 6.45) is 3.65. The topological polar surface area (TPSA) is 64.7 Å². The lowest BCUT2D eigenvalue weighted by Gasteiger charge is -2.21. The van der Waals surface area contributed by atoms with Crippen LogP contribution >= 0.6 is 0 Å². The summed E-state index contributed by atoms with van der Waals surface area (Å²) in [5.74, 6) is 1.91. The minimum atomic E-state index is -0.0718. The van der Waals surface area contributed by atoms with Crippen LogP contribution in [0.2, 0.25) is 0 Å². The van der Waals surface area contributed by atoms with Crippen LogP contribution in [0.5, 0.6) is 0 Å². The van der Waals surface area contributed by atoms with E-state index in [9.17, 15) is 0 Å². The lowest BCUT2D eigenvalue weighted by Crippen LogP contribution is -2.14. The Balaban J connectivity index is 1.08. The first kappa shape index (κ1) is 30.1. The molecule has 52 heavy (non-hydrogen) atoms. The predicted molar refractivity (Wildman–Crippen MR) is 210 cm³/mol. The highest BCUT2D eigenvalue weighted by Crippen LogP contribution is 2.49. The molecule has 0 aliphatic heterocycles. The van der Waals surface area contributed by atoms with Crippen molar-refractivity contribution >= 4 is 21.9 Å². The van der Waals surface area contributed by atoms with Gasteiger partial charge in [-0.2, -0.15) is 0 Å². The Morgan fingerprint density at radius 1 is 0.423 bits per heavy atom. The largest absolute Gasteiger partial charge is 0.456 e. The van der Waals surface area contributed by atoms with Gasteiger partial charge in [0.1, 0.15) is 11.2 Å². The van der Waals surface area contributed by atoms with Crippen molar-refractivity contribution in [2.75, 3.05) is 0 Å². The molecule has 0 radical (unpaired) electrons. The molecule has 0 amide bonds. The van der Waals surface area contributed by atoms with Crippen molar-refractivity contribution in [3.63, 3.8) is 0 Å². The molecule has 0 bridgehead atoms. The number of rotatable bonds is 5. The molecule has 1 aliphatic rings. The van der Waals surface area contributed by atoms with Crippen LogP contribution in [0.4, 0.5) is 0 Å². The fraction of sp³-hybridized carbons (Fsp3) is 0.0638. The maximum Gasteiger partial charge on any atom is 0.164 e. The van der Waals surface area contributed by atoms with Gasteiger partial charge in [-0.25, -0.2) is 15.0 Å². The predicted octanol–water partition coefficient (Wildman–Crippen LogP) is 11.8. The molecule has 9 aromatic rings. The highest BCUT2D eigenvalue weighted by Gasteiger charge is 2.35. The van der Waals surface area contributed by atoms with Gasteiger partial charge in [0.05, 0.1) is 0 Å². The summed E-state index contributed by atoms with van der Waals surface area (Å²) < 4.78 is 6.44. The van der Waals surface area contributed by atoms with Crippen LogP contribution in [0.3, 0.4) is 0 Å². The quantitative estimate of drug-likeness (QED) is 0.183. The van der Waals surface area contributed by atoms with Gasteiger partial charge in [-0.05, 0) is 87.0 Å². The highest BCUT2D eigenvalue weighted by atomic mass is 16.3. The zero-order valence-electron chi connectivity index (χ0n) is 28.7. The smallest absolute Gasteiger partial charge is 0.164 e. The molecule has 3 heterocycles. The Bertz CT molecular complexity index is 2820. The van der Waals surface area contributed by atoms with E-state index in [0.717, 1.165) is 60.9 Å². The van der Waals surface area contributed by atoms with Crippen molar-refractivity contribution in [3.8, 4) is 67.5 Å². The molecule has 246 valence electrons. The van der Waals surface area contributed by atoms with Crippen LogP contribution in [0.25, 0.3) is 89.5 Å². The van der Waals surface area contributed by atoms with Crippen LogP contribution in [0.15, 0.2) is 162 Å². The summed E-state index contributed by atoms with van der Waals surface area (Å²) in [5.41, 5.74) is 14.0. The van der Waals surface area contributed by atoms with Gasteiger partial charge >= 0.3 is 0 Å². The number of fused-ring (bicyclic) bond motifs is 6. The molecular formula is C47H32N4O. The van der Waals surface area contributed by atoms with Gasteiger partial charge in [-0.1, -0.05) is 117 Å². The maximum absolute atomic E-state index is 6.44. The highest BCUT2D eigenvalue weighted by molar-refractivity contribution is 6.13. The maximum atomic E-state index is 6.44. The van der Waals surface area contributed by atoms with E-state index >= 15 is 0 Å². The summed E-state index contributed by atoms with van der Waals surface area (Å²) in [7, 11) is 0. The van der Waals surface area contributed by atoms with Crippen LogP contribution in [0.1, 0.15) is 25.0 Å². The van der Waals surface area contributed by atoms with Crippen LogP contribution in [0, 0.1) is 0 Å². The Hall–Kier alpha value is -6.72. The molecule has 1 aliphatic carbocycles. The van der Waals surface area contributed by atoms with Gasteiger partial charge in [0.15, 0.2) is 17.5 Å². The van der Waals surface area contributed by atoms with Crippen molar-refractivity contribution in [2.24, 2.45) is 0 Å². The molecule has 0 N–H and O–H groups in total. The van der Waals surface area contributed by atoms with Crippen molar-refractivity contribution in [1.82, 2.24) is 19.9 Å². The second-order valence-corrected chi connectivity index (χ2v) is 13.9. The number of hydrogen-bond donors (Lipinski definition) is 0. The molecule has 10 rings (SSSR count). The second kappa shape index (κ2) is 11.7. The zero-order chi connectivity index (χ0) is 34.8. The molecule has 3 aromatic heterocycles. The average Bonchev–Trinajstić information content (AvgIpc) is 3.70. The van der Waals surface area contributed by atoms with E-state index in [2.05, 4.69) is 110 Å². The van der Waals surface area contributed by atoms with Crippen molar-refractivity contribution < 1.29 is 4.42 Å². The second-order valence-electron chi connectivity index (χ2n) is 13.9. The molecular weight excluding hydrogens is 637 g/mol. The Morgan fingerprint density at radius 3 is 1.87 bits per heavy atom. The van der Waals surface area contributed by atoms with Gasteiger partial charge in [0.2, 0.25) is 0 Å². The summed E-state index contributed by atoms with van der Waals surface area (Å²) in [6.45, 7) is 4.59. The third-order valence-corrected chi connectivity index (χ3v) is 10.5. The standard InChI is InChI=1S/C47H32N4O/c1-47(2)39-16-7-6-14-36(39)38-27-34(19-21-40(38)47)46-50-44(30-10-4-3-5-11-30)49-45(51-46)33-13-8-12-31(26-33)32-18-20-37-42(28-32)52-41-17-9-15-35(43(37)41)29-22-24-48-25-23-29/h3-28H,1-2H3. The van der Waals surface area contributed by atoms with Gasteiger partial charge in [0.25, 0.3) is 0 Å². The Labute approximate surface area is 301 Å². The third-order valence-electron chi connectivity index (χ3n) is 10.5. The number of benzene rings is 6. The minimum absolute atomic E-state index is 0.0718. The van der Waals surface area contributed by atoms with Gasteiger partial charge in [-0.3, -0.25) is 4.98 Å². The van der Waals surface area contributed by atoms with E-state index in [1.165, 1.54) is 22.3 Å². The third kappa shape index (κ3) is 4.85. The fourth-order valence-electron chi connectivity index (χ4n) is 7.82. The molecule has 6 aromatic carbocycles. The number of hydrogen-bond acceptors (Lipinski definition) is 5. The van der Waals surface area contributed by atoms with Crippen molar-refractivity contribution in [1.29, 1.82) is 0 Å². The summed E-state index contributed by atoms with van der Waals surface area (Å²) in [4.78, 5) is 19.4. The monoisotopic (exact) mass is 668 g/mol. The van der Waals surface area contributed by atoms with Crippen molar-refractivity contribution in [3.05, 3.63) is 169 Å². The van der Waals surface area contributed by atoms with Gasteiger partial charge in [-0.15, -0.1) is 0 Å². The van der Waals surface area contributed by atoms with E-state index in [-0.39, 0.29) is 5.41 Å². The first-order valence-electron chi connectivity index (χ1n) is 17.5. The van der Waals surface area contributed by atoms with Gasteiger partial charge in [0, 0.05) is 45.3 Å². The minimum Gasteiger partial charge on any atom is -0.456 e. The molecule has 0 fully saturated rings. The first-order valence-corrected chi connectivity index (χ1v) is 17.5. The Morgan fingerprint density at radius 2 is 1.04 bits per heavy atom. The van der Waals surface area contributed by atoms with E-state index in [1.807, 2.05) is 67.0 Å². The van der Waals surface area contributed by atoms with Gasteiger partial charge < -0.3 is 4.42 Å². The Kier molecular flexibility index (Phi) is 6.77. The SMILES string of the molecule is CC1(C)c2ccccc2-c2cc(-c3nc(-c4ccccc4)nc(-c4cccc(-c5ccc6c(c5)oc5cccc(-c7ccncc7)c56)c4)n3)ccc21. The first-order chi connectivity index (χ1) is 25.5. The lowest BCUT2D eigenvalue weighted by molar-refractivity contribution is 0.660. The number of nitrogens with zero attached hydrogens (tertiary/aromatic N) is 4. The van der Waals surface area contributed by atoms with Crippen LogP contribution < -0.4 is 0 Å². The molecule has 0 atom stereocenters. The summed E-state index contributed by atoms with van der Waals surface area (Å²) in [5, 5.41) is 2.19. The normalized spacial score (nSPS) is 13.0. The molecule has 5 nitrogen and oxygen atoms in total. The molecule has 0 saturated heterocycles. The lowest BCUT2D eigenvalue weighted by atomic mass is 9.82. The fourth-order valence-corrected chi connectivity index (χ4v) is 7.82. The number of aromatic nitrogens is 4. The zero-order valence-corrected chi connectivity index (χ0v) is 28.7. The van der Waals surface area contributed by atoms with E-state index in [1.54, 1.807) is 0 Å². The van der Waals surface area contributed by atoms with Crippen LogP contribution in [-0.4, -0.2) is 19.9 Å². The number of pyridine rings is 1. The van der Waals surface area contributed by atoms with Crippen LogP contribution in [-0.2, 0) is 5.41 Å². The number of furan rings is 1. The average molecular weight is 669 g/mol. The van der Waals surface area contributed by atoms with E-state index in [0.29, 0.717) is 17.5 Å². The molecule has 5 heteroatoms. The van der Waals surface area contributed by atoms with E-state index < -0.39 is 0 Å². The molecule has 0 unspecified atom stereocenters. The van der Waals surface area contributed by atoms with E-state index in [4.69, 9.17) is 19.4 Å². The summed E-state index contributed by atoms with van der Waals surface area (Å²) in [6, 6.07) is 50.6. The van der Waals surface area contributed by atoms with Crippen molar-refractivity contribution in [2.45, 2.75) is 19.3 Å². The molecule has 0 saturated carbocycles.